The molecule has 2 aliphatic rings. The topological polar surface area (TPSA) is 105 Å². The molecule has 4 rings (SSSR count). The lowest BCUT2D eigenvalue weighted by Crippen LogP contribution is -2.61. The maximum Gasteiger partial charge on any atom is 0.408 e. The number of hydrogen-bond acceptors (Lipinski definition) is 5. The van der Waals surface area contributed by atoms with Gasteiger partial charge >= 0.3 is 12.1 Å². The zero-order valence-electron chi connectivity index (χ0n) is 19.5. The monoisotopic (exact) mass is 466 g/mol. The Morgan fingerprint density at radius 3 is 2.29 bits per heavy atom. The zero-order chi connectivity index (χ0) is 24.3. The third-order valence-corrected chi connectivity index (χ3v) is 6.67. The summed E-state index contributed by atoms with van der Waals surface area (Å²) in [5, 5.41) is 11.9. The highest BCUT2D eigenvalue weighted by Gasteiger charge is 2.43. The molecule has 2 N–H and O–H groups in total. The summed E-state index contributed by atoms with van der Waals surface area (Å²) in [6.07, 6.45) is 0.493. The van der Waals surface area contributed by atoms with Crippen LogP contribution >= 0.6 is 0 Å². The van der Waals surface area contributed by atoms with Crippen LogP contribution in [0.5, 0.6) is 0 Å². The second-order valence-electron chi connectivity index (χ2n) is 9.11. The Hall–Kier alpha value is -3.39. The van der Waals surface area contributed by atoms with E-state index in [-0.39, 0.29) is 31.5 Å². The summed E-state index contributed by atoms with van der Waals surface area (Å²) in [4.78, 5) is 38.9. The Morgan fingerprint density at radius 1 is 1.09 bits per heavy atom. The Bertz CT molecular complexity index is 1040. The van der Waals surface area contributed by atoms with Gasteiger partial charge in [0.25, 0.3) is 5.91 Å². The molecule has 180 valence electrons. The molecule has 8 nitrogen and oxygen atoms in total. The maximum atomic E-state index is 13.4. The molecule has 2 aromatic carbocycles. The molecule has 0 radical (unpaired) electrons. The summed E-state index contributed by atoms with van der Waals surface area (Å²) in [5.41, 5.74) is 3.08. The van der Waals surface area contributed by atoms with E-state index in [9.17, 15) is 19.5 Å². The number of likely N-dealkylation sites (tertiary alicyclic amines) is 1. The minimum atomic E-state index is -1.38. The maximum absolute atomic E-state index is 13.4. The van der Waals surface area contributed by atoms with E-state index in [1.807, 2.05) is 36.4 Å². The third-order valence-electron chi connectivity index (χ3n) is 6.67. The Kier molecular flexibility index (Phi) is 6.88. The predicted octanol–water partition coefficient (Wildman–Crippen LogP) is 3.40. The predicted molar refractivity (Wildman–Crippen MR) is 125 cm³/mol. The van der Waals surface area contributed by atoms with Crippen molar-refractivity contribution >= 4 is 18.0 Å². The quantitative estimate of drug-likeness (QED) is 0.618. The number of fused-ring (bicyclic) bond motifs is 3. The molecule has 2 aromatic rings. The normalized spacial score (nSPS) is 18.6. The molecule has 0 aromatic heterocycles. The molecule has 8 heteroatoms. The molecule has 2 amide bonds. The summed E-state index contributed by atoms with van der Waals surface area (Å²) < 4.78 is 10.9. The van der Waals surface area contributed by atoms with Crippen molar-refractivity contribution in [3.05, 3.63) is 59.7 Å². The Balaban J connectivity index is 1.45. The van der Waals surface area contributed by atoms with Gasteiger partial charge in [-0.1, -0.05) is 48.5 Å². The number of nitrogens with zero attached hydrogens (tertiary/aromatic N) is 1. The number of alkyl carbamates (subject to hydrolysis) is 1. The van der Waals surface area contributed by atoms with E-state index in [4.69, 9.17) is 9.47 Å². The smallest absolute Gasteiger partial charge is 0.408 e. The van der Waals surface area contributed by atoms with E-state index in [1.165, 1.54) is 12.0 Å². The van der Waals surface area contributed by atoms with Gasteiger partial charge in [0, 0.05) is 25.6 Å². The Morgan fingerprint density at radius 2 is 1.71 bits per heavy atom. The highest BCUT2D eigenvalue weighted by Crippen LogP contribution is 2.44. The van der Waals surface area contributed by atoms with Gasteiger partial charge in [-0.15, -0.1) is 0 Å². The lowest BCUT2D eigenvalue weighted by atomic mass is 9.98. The van der Waals surface area contributed by atoms with Crippen molar-refractivity contribution in [3.8, 4) is 11.1 Å². The number of hydrogen-bond donors (Lipinski definition) is 2. The molecule has 1 heterocycles. The van der Waals surface area contributed by atoms with Gasteiger partial charge in [0.05, 0.1) is 13.0 Å². The van der Waals surface area contributed by atoms with Crippen LogP contribution in [0.25, 0.3) is 11.1 Å². The van der Waals surface area contributed by atoms with Crippen LogP contribution in [0.2, 0.25) is 0 Å². The van der Waals surface area contributed by atoms with Crippen LogP contribution in [0.1, 0.15) is 43.2 Å². The first-order valence-corrected chi connectivity index (χ1v) is 11.5. The van der Waals surface area contributed by atoms with Crippen LogP contribution in [0.15, 0.2) is 48.5 Å². The molecule has 0 saturated carbocycles. The number of carboxylic acids is 1. The number of rotatable bonds is 8. The fourth-order valence-electron chi connectivity index (χ4n) is 5.13. The molecular formula is C26H30N2O6. The first-order valence-electron chi connectivity index (χ1n) is 11.5. The van der Waals surface area contributed by atoms with Crippen molar-refractivity contribution in [2.24, 2.45) is 0 Å². The highest BCUT2D eigenvalue weighted by atomic mass is 16.5. The van der Waals surface area contributed by atoms with Gasteiger partial charge in [-0.2, -0.15) is 0 Å². The number of benzene rings is 2. The van der Waals surface area contributed by atoms with E-state index in [0.29, 0.717) is 13.0 Å². The van der Waals surface area contributed by atoms with Gasteiger partial charge in [-0.05, 0) is 42.0 Å². The van der Waals surface area contributed by atoms with Crippen LogP contribution in [-0.4, -0.2) is 66.4 Å². The number of ether oxygens (including phenoxy) is 2. The highest BCUT2D eigenvalue weighted by molar-refractivity contribution is 5.90. The number of aliphatic carboxylic acids is 1. The van der Waals surface area contributed by atoms with Crippen molar-refractivity contribution in [3.63, 3.8) is 0 Å². The second kappa shape index (κ2) is 9.85. The van der Waals surface area contributed by atoms with Gasteiger partial charge in [-0.25, -0.2) is 4.79 Å². The van der Waals surface area contributed by atoms with E-state index >= 15 is 0 Å². The van der Waals surface area contributed by atoms with E-state index in [2.05, 4.69) is 17.4 Å². The Labute approximate surface area is 198 Å². The van der Waals surface area contributed by atoms with Crippen molar-refractivity contribution in [2.75, 3.05) is 26.9 Å². The molecule has 1 fully saturated rings. The van der Waals surface area contributed by atoms with Crippen molar-refractivity contribution in [1.82, 2.24) is 10.2 Å². The number of carboxylic acid groups (broad SMARTS) is 1. The van der Waals surface area contributed by atoms with Crippen LogP contribution in [0.3, 0.4) is 0 Å². The summed E-state index contributed by atoms with van der Waals surface area (Å²) in [7, 11) is 1.45. The summed E-state index contributed by atoms with van der Waals surface area (Å²) in [6.45, 7) is 2.09. The first kappa shape index (κ1) is 23.8. The summed E-state index contributed by atoms with van der Waals surface area (Å²) >= 11 is 0. The van der Waals surface area contributed by atoms with E-state index < -0.39 is 23.6 Å². The SMILES string of the molecule is COCC(C)(NC(=O)OCC1c2ccccc2-c2ccccc21)C(=O)N1CCC[C@@H]1CC(=O)O. The van der Waals surface area contributed by atoms with Crippen molar-refractivity contribution < 1.29 is 29.0 Å². The van der Waals surface area contributed by atoms with Crippen molar-refractivity contribution in [1.29, 1.82) is 0 Å². The van der Waals surface area contributed by atoms with Crippen LogP contribution in [0.4, 0.5) is 4.79 Å². The molecule has 1 unspecified atom stereocenters. The fourth-order valence-corrected chi connectivity index (χ4v) is 5.13. The van der Waals surface area contributed by atoms with Gasteiger partial charge in [0.1, 0.15) is 12.1 Å². The standard InChI is InChI=1S/C26H30N2O6/c1-26(16-33-2,24(31)28-13-7-8-17(28)14-23(29)30)27-25(32)34-15-22-20-11-5-3-9-18(20)19-10-4-6-12-21(19)22/h3-6,9-12,17,22H,7-8,13-16H2,1-2H3,(H,27,32)(H,29,30)/t17-,26?/m1/s1. The molecule has 0 spiro atoms. The average molecular weight is 467 g/mol. The van der Waals surface area contributed by atoms with Crippen LogP contribution in [0, 0.1) is 0 Å². The molecule has 0 bridgehead atoms. The first-order chi connectivity index (χ1) is 16.3. The number of methoxy groups -OCH3 is 1. The van der Waals surface area contributed by atoms with E-state index in [0.717, 1.165) is 28.7 Å². The zero-order valence-corrected chi connectivity index (χ0v) is 19.5. The number of carbonyl (C=O) groups is 3. The largest absolute Gasteiger partial charge is 0.481 e. The van der Waals surface area contributed by atoms with Gasteiger partial charge in [0.2, 0.25) is 0 Å². The van der Waals surface area contributed by atoms with Gasteiger partial charge in [0.15, 0.2) is 0 Å². The van der Waals surface area contributed by atoms with Crippen LogP contribution in [-0.2, 0) is 19.1 Å². The summed E-state index contributed by atoms with van der Waals surface area (Å²) in [6, 6.07) is 15.7. The minimum absolute atomic E-state index is 0.0632. The summed E-state index contributed by atoms with van der Waals surface area (Å²) in [5.74, 6) is -1.42. The molecule has 2 atom stereocenters. The average Bonchev–Trinajstić information content (AvgIpc) is 3.39. The lowest BCUT2D eigenvalue weighted by Gasteiger charge is -2.35. The minimum Gasteiger partial charge on any atom is -0.481 e. The fraction of sp³-hybridized carbons (Fsp3) is 0.423. The van der Waals surface area contributed by atoms with Crippen molar-refractivity contribution in [2.45, 2.75) is 43.7 Å². The van der Waals surface area contributed by atoms with Gasteiger partial charge < -0.3 is 24.8 Å². The van der Waals surface area contributed by atoms with Gasteiger partial charge in [-0.3, -0.25) is 9.59 Å². The lowest BCUT2D eigenvalue weighted by molar-refractivity contribution is -0.143. The third kappa shape index (κ3) is 4.63. The molecule has 34 heavy (non-hydrogen) atoms. The second-order valence-corrected chi connectivity index (χ2v) is 9.11. The number of amides is 2. The van der Waals surface area contributed by atoms with Crippen LogP contribution < -0.4 is 5.32 Å². The molecular weight excluding hydrogens is 436 g/mol. The number of nitrogens with one attached hydrogen (secondary N) is 1. The number of carbonyl (C=O) groups excluding carboxylic acids is 2. The molecule has 1 aliphatic carbocycles. The van der Waals surface area contributed by atoms with E-state index in [1.54, 1.807) is 6.92 Å². The molecule has 1 aliphatic heterocycles. The molecule has 1 saturated heterocycles.